The monoisotopic (exact) mass is 268 g/mol. The Labute approximate surface area is 115 Å². The highest BCUT2D eigenvalue weighted by molar-refractivity contribution is 6.12. The van der Waals surface area contributed by atoms with E-state index in [0.29, 0.717) is 16.7 Å². The van der Waals surface area contributed by atoms with E-state index in [9.17, 15) is 9.90 Å². The molecule has 0 aliphatic heterocycles. The van der Waals surface area contributed by atoms with Gasteiger partial charge in [0.05, 0.1) is 23.4 Å². The number of methoxy groups -OCH3 is 1. The van der Waals surface area contributed by atoms with Crippen LogP contribution in [0.4, 0.5) is 0 Å². The third-order valence-electron chi connectivity index (χ3n) is 3.58. The number of benzene rings is 2. The Balaban J connectivity index is 2.59. The maximum absolute atomic E-state index is 11.7. The van der Waals surface area contributed by atoms with E-state index in [1.54, 1.807) is 13.2 Å². The minimum absolute atomic E-state index is 0.313. The van der Waals surface area contributed by atoms with Crippen LogP contribution in [0.1, 0.15) is 10.4 Å². The molecule has 2 aromatic carbocycles. The second-order valence-corrected chi connectivity index (χ2v) is 4.64. The van der Waals surface area contributed by atoms with Gasteiger partial charge in [0.25, 0.3) is 0 Å². The maximum atomic E-state index is 11.7. The van der Waals surface area contributed by atoms with Crippen molar-refractivity contribution >= 4 is 27.8 Å². The van der Waals surface area contributed by atoms with Crippen LogP contribution in [0, 0.1) is 0 Å². The number of para-hydroxylation sites is 1. The summed E-state index contributed by atoms with van der Waals surface area (Å²) in [6, 6.07) is 13.0. The lowest BCUT2D eigenvalue weighted by Gasteiger charge is -2.08. The van der Waals surface area contributed by atoms with Gasteiger partial charge in [0.1, 0.15) is 12.8 Å². The normalized spacial score (nSPS) is 10.9. The molecular formula is C16H14NO3+. The molecule has 3 aromatic rings. The topological polar surface area (TPSA) is 50.4 Å². The van der Waals surface area contributed by atoms with Crippen LogP contribution in [0.25, 0.3) is 21.8 Å². The zero-order valence-electron chi connectivity index (χ0n) is 11.3. The van der Waals surface area contributed by atoms with Crippen molar-refractivity contribution in [1.82, 2.24) is 0 Å². The summed E-state index contributed by atoms with van der Waals surface area (Å²) in [6.07, 6.45) is 0. The van der Waals surface area contributed by atoms with E-state index in [1.807, 2.05) is 48.0 Å². The standard InChI is InChI=1S/C16H13NO3/c1-17-13-6-4-3-5-11(13)15(16(18)19)12-9-10(20-2)7-8-14(12)17/h3-9H,1-2H3/p+1. The van der Waals surface area contributed by atoms with Crippen molar-refractivity contribution in [3.8, 4) is 5.75 Å². The molecule has 0 aliphatic carbocycles. The molecule has 100 valence electrons. The Morgan fingerprint density at radius 3 is 2.50 bits per heavy atom. The average Bonchev–Trinajstić information content (AvgIpc) is 2.46. The van der Waals surface area contributed by atoms with Crippen molar-refractivity contribution in [2.24, 2.45) is 7.05 Å². The van der Waals surface area contributed by atoms with Gasteiger partial charge >= 0.3 is 5.97 Å². The molecule has 4 nitrogen and oxygen atoms in total. The van der Waals surface area contributed by atoms with Crippen LogP contribution >= 0.6 is 0 Å². The van der Waals surface area contributed by atoms with Crippen LogP contribution in [0.3, 0.4) is 0 Å². The first-order valence-corrected chi connectivity index (χ1v) is 6.25. The first-order chi connectivity index (χ1) is 9.63. The molecule has 0 radical (unpaired) electrons. The fraction of sp³-hybridized carbons (Fsp3) is 0.125. The molecule has 0 saturated carbocycles. The minimum Gasteiger partial charge on any atom is -0.497 e. The van der Waals surface area contributed by atoms with Gasteiger partial charge in [-0.15, -0.1) is 0 Å². The van der Waals surface area contributed by atoms with Crippen LogP contribution in [-0.2, 0) is 7.05 Å². The molecule has 3 rings (SSSR count). The summed E-state index contributed by atoms with van der Waals surface area (Å²) in [6.45, 7) is 0. The number of ether oxygens (including phenoxy) is 1. The van der Waals surface area contributed by atoms with Crippen LogP contribution in [-0.4, -0.2) is 18.2 Å². The smallest absolute Gasteiger partial charge is 0.337 e. The molecule has 1 aromatic heterocycles. The zero-order valence-corrected chi connectivity index (χ0v) is 11.3. The summed E-state index contributed by atoms with van der Waals surface area (Å²) in [4.78, 5) is 11.7. The van der Waals surface area contributed by atoms with Crippen LogP contribution in [0.5, 0.6) is 5.75 Å². The third-order valence-corrected chi connectivity index (χ3v) is 3.58. The number of aryl methyl sites for hydroxylation is 1. The summed E-state index contributed by atoms with van der Waals surface area (Å²) >= 11 is 0. The molecule has 1 heterocycles. The van der Waals surface area contributed by atoms with Crippen LogP contribution < -0.4 is 9.30 Å². The molecule has 20 heavy (non-hydrogen) atoms. The van der Waals surface area contributed by atoms with E-state index < -0.39 is 5.97 Å². The molecule has 1 N–H and O–H groups in total. The second-order valence-electron chi connectivity index (χ2n) is 4.64. The fourth-order valence-electron chi connectivity index (χ4n) is 2.62. The molecule has 0 spiro atoms. The number of aromatic carboxylic acids is 1. The lowest BCUT2D eigenvalue weighted by atomic mass is 10.0. The maximum Gasteiger partial charge on any atom is 0.337 e. The molecule has 4 heteroatoms. The summed E-state index contributed by atoms with van der Waals surface area (Å²) in [5.41, 5.74) is 2.07. The van der Waals surface area contributed by atoms with E-state index in [0.717, 1.165) is 16.4 Å². The van der Waals surface area contributed by atoms with Gasteiger partial charge in [0.15, 0.2) is 0 Å². The largest absolute Gasteiger partial charge is 0.497 e. The summed E-state index contributed by atoms with van der Waals surface area (Å²) in [7, 11) is 3.51. The predicted octanol–water partition coefficient (Wildman–Crippen LogP) is 2.52. The van der Waals surface area contributed by atoms with E-state index >= 15 is 0 Å². The average molecular weight is 268 g/mol. The lowest BCUT2D eigenvalue weighted by Crippen LogP contribution is -2.31. The fourth-order valence-corrected chi connectivity index (χ4v) is 2.62. The first kappa shape index (κ1) is 12.4. The molecule has 0 fully saturated rings. The third kappa shape index (κ3) is 1.69. The summed E-state index contributed by atoms with van der Waals surface area (Å²) in [5.74, 6) is -0.282. The molecule has 0 unspecified atom stereocenters. The van der Waals surface area contributed by atoms with Crippen molar-refractivity contribution in [1.29, 1.82) is 0 Å². The molecule has 0 aliphatic rings. The number of aromatic nitrogens is 1. The number of nitrogens with zero attached hydrogens (tertiary/aromatic N) is 1. The Bertz CT molecular complexity index is 840. The number of hydrogen-bond donors (Lipinski definition) is 1. The van der Waals surface area contributed by atoms with Gasteiger partial charge < -0.3 is 9.84 Å². The van der Waals surface area contributed by atoms with Crippen molar-refractivity contribution < 1.29 is 19.2 Å². The van der Waals surface area contributed by atoms with Gasteiger partial charge in [0.2, 0.25) is 11.0 Å². The van der Waals surface area contributed by atoms with Crippen molar-refractivity contribution in [3.05, 3.63) is 48.0 Å². The van der Waals surface area contributed by atoms with E-state index in [1.165, 1.54) is 0 Å². The van der Waals surface area contributed by atoms with Gasteiger partial charge in [0, 0.05) is 12.1 Å². The lowest BCUT2D eigenvalue weighted by molar-refractivity contribution is -0.617. The first-order valence-electron chi connectivity index (χ1n) is 6.25. The van der Waals surface area contributed by atoms with E-state index in [2.05, 4.69) is 0 Å². The van der Waals surface area contributed by atoms with Crippen LogP contribution in [0.15, 0.2) is 42.5 Å². The Morgan fingerprint density at radius 2 is 1.80 bits per heavy atom. The van der Waals surface area contributed by atoms with E-state index in [4.69, 9.17) is 4.74 Å². The van der Waals surface area contributed by atoms with Gasteiger partial charge in [-0.2, -0.15) is 4.57 Å². The highest BCUT2D eigenvalue weighted by Crippen LogP contribution is 2.27. The number of rotatable bonds is 2. The molecule has 0 saturated heterocycles. The number of carboxylic acids is 1. The highest BCUT2D eigenvalue weighted by atomic mass is 16.5. The van der Waals surface area contributed by atoms with Gasteiger partial charge in [-0.3, -0.25) is 0 Å². The Morgan fingerprint density at radius 1 is 1.10 bits per heavy atom. The zero-order chi connectivity index (χ0) is 14.3. The molecular weight excluding hydrogens is 254 g/mol. The Hall–Kier alpha value is -2.62. The number of carboxylic acid groups (broad SMARTS) is 1. The quantitative estimate of drug-likeness (QED) is 0.574. The molecule has 0 amide bonds. The number of pyridine rings is 1. The predicted molar refractivity (Wildman–Crippen MR) is 76.1 cm³/mol. The second kappa shape index (κ2) is 4.49. The van der Waals surface area contributed by atoms with Gasteiger partial charge in [-0.05, 0) is 18.2 Å². The van der Waals surface area contributed by atoms with Crippen molar-refractivity contribution in [3.63, 3.8) is 0 Å². The number of hydrogen-bond acceptors (Lipinski definition) is 2. The molecule has 0 bridgehead atoms. The summed E-state index contributed by atoms with van der Waals surface area (Å²) < 4.78 is 7.20. The highest BCUT2D eigenvalue weighted by Gasteiger charge is 2.22. The number of carbonyl (C=O) groups is 1. The number of fused-ring (bicyclic) bond motifs is 2. The van der Waals surface area contributed by atoms with Gasteiger partial charge in [-0.1, -0.05) is 12.1 Å². The summed E-state index contributed by atoms with van der Waals surface area (Å²) in [5, 5.41) is 11.0. The molecule has 0 atom stereocenters. The van der Waals surface area contributed by atoms with E-state index in [-0.39, 0.29) is 0 Å². The van der Waals surface area contributed by atoms with Crippen LogP contribution in [0.2, 0.25) is 0 Å². The van der Waals surface area contributed by atoms with Crippen molar-refractivity contribution in [2.75, 3.05) is 7.11 Å². The Kier molecular flexibility index (Phi) is 2.79. The van der Waals surface area contributed by atoms with Crippen molar-refractivity contribution in [2.45, 2.75) is 0 Å². The SMILES string of the molecule is COc1ccc2c(c1)c(C(=O)O)c1ccccc1[n+]2C. The van der Waals surface area contributed by atoms with Gasteiger partial charge in [-0.25, -0.2) is 4.79 Å². The minimum atomic E-state index is -0.931.